The van der Waals surface area contributed by atoms with E-state index in [0.717, 1.165) is 33.2 Å². The Balaban J connectivity index is 1.73. The fraction of sp³-hybridized carbons (Fsp3) is 0.185. The SMILES string of the molecule is COc1ccc(-c2coc3cc(OC)c(/C(C)=C/C(=O)Nc4cc(C)ccn4)cc23)cc1OC. The lowest BCUT2D eigenvalue weighted by atomic mass is 9.99. The van der Waals surface area contributed by atoms with Crippen LogP contribution >= 0.6 is 0 Å². The lowest BCUT2D eigenvalue weighted by Crippen LogP contribution is -2.10. The molecule has 0 aliphatic heterocycles. The summed E-state index contributed by atoms with van der Waals surface area (Å²) in [5.41, 5.74) is 5.01. The number of nitrogens with one attached hydrogen (secondary N) is 1. The summed E-state index contributed by atoms with van der Waals surface area (Å²) in [5.74, 6) is 2.11. The Morgan fingerprint density at radius 2 is 1.74 bits per heavy atom. The summed E-state index contributed by atoms with van der Waals surface area (Å²) in [4.78, 5) is 16.8. The molecule has 0 saturated heterocycles. The van der Waals surface area contributed by atoms with Gasteiger partial charge in [-0.3, -0.25) is 4.79 Å². The van der Waals surface area contributed by atoms with Gasteiger partial charge in [0.15, 0.2) is 11.5 Å². The number of aryl methyl sites for hydroxylation is 1. The van der Waals surface area contributed by atoms with Gasteiger partial charge in [0, 0.05) is 34.9 Å². The number of anilines is 1. The average molecular weight is 459 g/mol. The topological polar surface area (TPSA) is 82.8 Å². The molecule has 174 valence electrons. The van der Waals surface area contributed by atoms with Crippen molar-refractivity contribution in [1.29, 1.82) is 0 Å². The van der Waals surface area contributed by atoms with Crippen LogP contribution in [0.4, 0.5) is 5.82 Å². The molecule has 0 aliphatic carbocycles. The van der Waals surface area contributed by atoms with E-state index in [1.807, 2.05) is 56.3 Å². The minimum absolute atomic E-state index is 0.273. The molecule has 0 radical (unpaired) electrons. The zero-order chi connectivity index (χ0) is 24.2. The van der Waals surface area contributed by atoms with E-state index in [2.05, 4.69) is 10.3 Å². The highest BCUT2D eigenvalue weighted by molar-refractivity contribution is 6.05. The number of hydrogen-bond acceptors (Lipinski definition) is 6. The van der Waals surface area contributed by atoms with Gasteiger partial charge >= 0.3 is 0 Å². The molecule has 7 nitrogen and oxygen atoms in total. The molecule has 0 unspecified atom stereocenters. The third-order valence-electron chi connectivity index (χ3n) is 5.53. The van der Waals surface area contributed by atoms with Gasteiger partial charge in [-0.1, -0.05) is 6.07 Å². The van der Waals surface area contributed by atoms with Crippen LogP contribution in [0.2, 0.25) is 0 Å². The summed E-state index contributed by atoms with van der Waals surface area (Å²) in [6.07, 6.45) is 4.89. The highest BCUT2D eigenvalue weighted by Crippen LogP contribution is 2.39. The van der Waals surface area contributed by atoms with E-state index in [1.165, 1.54) is 6.08 Å². The number of allylic oxidation sites excluding steroid dienone is 1. The lowest BCUT2D eigenvalue weighted by Gasteiger charge is -2.11. The van der Waals surface area contributed by atoms with Gasteiger partial charge in [0.1, 0.15) is 17.2 Å². The molecule has 2 aromatic carbocycles. The van der Waals surface area contributed by atoms with Crippen molar-refractivity contribution in [2.75, 3.05) is 26.6 Å². The maximum atomic E-state index is 12.6. The first kappa shape index (κ1) is 22.9. The zero-order valence-corrected chi connectivity index (χ0v) is 19.8. The Labute approximate surface area is 198 Å². The summed E-state index contributed by atoms with van der Waals surface area (Å²) in [5, 5.41) is 3.69. The van der Waals surface area contributed by atoms with Crippen molar-refractivity contribution >= 4 is 28.3 Å². The highest BCUT2D eigenvalue weighted by atomic mass is 16.5. The second kappa shape index (κ2) is 9.70. The molecule has 1 amide bonds. The summed E-state index contributed by atoms with van der Waals surface area (Å²) in [7, 11) is 4.79. The van der Waals surface area contributed by atoms with E-state index < -0.39 is 0 Å². The Hall–Kier alpha value is -4.26. The monoisotopic (exact) mass is 458 g/mol. The van der Waals surface area contributed by atoms with Crippen LogP contribution in [0.25, 0.3) is 27.7 Å². The van der Waals surface area contributed by atoms with Gasteiger partial charge in [-0.2, -0.15) is 0 Å². The summed E-state index contributed by atoms with van der Waals surface area (Å²) in [6.45, 7) is 3.81. The third-order valence-corrected chi connectivity index (χ3v) is 5.53. The maximum absolute atomic E-state index is 12.6. The fourth-order valence-electron chi connectivity index (χ4n) is 3.80. The van der Waals surface area contributed by atoms with E-state index in [9.17, 15) is 4.79 Å². The quantitative estimate of drug-likeness (QED) is 0.349. The number of carbonyl (C=O) groups is 1. The van der Waals surface area contributed by atoms with Crippen LogP contribution < -0.4 is 19.5 Å². The van der Waals surface area contributed by atoms with Gasteiger partial charge in [-0.05, 0) is 60.9 Å². The second-order valence-electron chi connectivity index (χ2n) is 7.80. The Morgan fingerprint density at radius 1 is 0.971 bits per heavy atom. The zero-order valence-electron chi connectivity index (χ0n) is 19.8. The molecule has 7 heteroatoms. The normalized spacial score (nSPS) is 11.4. The maximum Gasteiger partial charge on any atom is 0.249 e. The Kier molecular flexibility index (Phi) is 6.54. The van der Waals surface area contributed by atoms with Crippen LogP contribution in [0.15, 0.2) is 65.4 Å². The molecule has 34 heavy (non-hydrogen) atoms. The van der Waals surface area contributed by atoms with Crippen molar-refractivity contribution in [1.82, 2.24) is 4.98 Å². The lowest BCUT2D eigenvalue weighted by molar-refractivity contribution is -0.111. The van der Waals surface area contributed by atoms with Crippen LogP contribution in [-0.2, 0) is 4.79 Å². The van der Waals surface area contributed by atoms with Crippen LogP contribution in [0.5, 0.6) is 17.2 Å². The molecule has 0 aliphatic rings. The van der Waals surface area contributed by atoms with E-state index >= 15 is 0 Å². The fourth-order valence-corrected chi connectivity index (χ4v) is 3.80. The number of amides is 1. The first-order valence-electron chi connectivity index (χ1n) is 10.7. The van der Waals surface area contributed by atoms with Gasteiger partial charge in [-0.15, -0.1) is 0 Å². The smallest absolute Gasteiger partial charge is 0.249 e. The molecule has 2 aromatic heterocycles. The highest BCUT2D eigenvalue weighted by Gasteiger charge is 2.16. The Morgan fingerprint density at radius 3 is 2.44 bits per heavy atom. The molecular formula is C27H26N2O5. The minimum Gasteiger partial charge on any atom is -0.496 e. The van der Waals surface area contributed by atoms with Gasteiger partial charge in [0.2, 0.25) is 5.91 Å². The first-order chi connectivity index (χ1) is 16.4. The molecule has 0 atom stereocenters. The first-order valence-corrected chi connectivity index (χ1v) is 10.7. The number of methoxy groups -OCH3 is 3. The van der Waals surface area contributed by atoms with Gasteiger partial charge in [0.05, 0.1) is 27.6 Å². The van der Waals surface area contributed by atoms with Crippen LogP contribution in [0.3, 0.4) is 0 Å². The number of furan rings is 1. The van der Waals surface area contributed by atoms with Crippen molar-refractivity contribution in [2.24, 2.45) is 0 Å². The molecule has 0 spiro atoms. The second-order valence-corrected chi connectivity index (χ2v) is 7.80. The van der Waals surface area contributed by atoms with Crippen molar-refractivity contribution in [3.05, 3.63) is 72.1 Å². The molecule has 4 aromatic rings. The predicted octanol–water partition coefficient (Wildman–Crippen LogP) is 5.87. The number of carbonyl (C=O) groups excluding carboxylic acids is 1. The molecule has 0 bridgehead atoms. The number of aromatic nitrogens is 1. The number of hydrogen-bond donors (Lipinski definition) is 1. The van der Waals surface area contributed by atoms with Crippen molar-refractivity contribution in [3.8, 4) is 28.4 Å². The van der Waals surface area contributed by atoms with E-state index in [0.29, 0.717) is 28.6 Å². The molecule has 2 heterocycles. The number of rotatable bonds is 7. The van der Waals surface area contributed by atoms with Gasteiger partial charge < -0.3 is 23.9 Å². The van der Waals surface area contributed by atoms with Crippen molar-refractivity contribution in [2.45, 2.75) is 13.8 Å². The Bertz CT molecular complexity index is 1390. The number of fused-ring (bicyclic) bond motifs is 1. The summed E-state index contributed by atoms with van der Waals surface area (Å²) >= 11 is 0. The number of ether oxygens (including phenoxy) is 3. The van der Waals surface area contributed by atoms with Gasteiger partial charge in [-0.25, -0.2) is 4.98 Å². The molecule has 0 fully saturated rings. The summed E-state index contributed by atoms with van der Waals surface area (Å²) < 4.78 is 22.2. The molecule has 1 N–H and O–H groups in total. The van der Waals surface area contributed by atoms with E-state index in [-0.39, 0.29) is 5.91 Å². The van der Waals surface area contributed by atoms with Crippen LogP contribution in [0, 0.1) is 6.92 Å². The van der Waals surface area contributed by atoms with E-state index in [4.69, 9.17) is 18.6 Å². The summed E-state index contributed by atoms with van der Waals surface area (Å²) in [6, 6.07) is 13.2. The third kappa shape index (κ3) is 4.59. The largest absolute Gasteiger partial charge is 0.496 e. The van der Waals surface area contributed by atoms with E-state index in [1.54, 1.807) is 33.8 Å². The number of nitrogens with zero attached hydrogens (tertiary/aromatic N) is 1. The van der Waals surface area contributed by atoms with Crippen molar-refractivity contribution in [3.63, 3.8) is 0 Å². The standard InChI is InChI=1S/C27H26N2O5/c1-16-8-9-28-26(10-16)29-27(30)11-17(2)19-13-20-21(15-34-24(20)14-23(19)32-4)18-6-7-22(31-3)25(12-18)33-5/h6-15H,1-5H3,(H,28,29,30)/b17-11+. The molecule has 4 rings (SSSR count). The van der Waals surface area contributed by atoms with Gasteiger partial charge in [0.25, 0.3) is 0 Å². The number of benzene rings is 2. The van der Waals surface area contributed by atoms with Crippen LogP contribution in [-0.4, -0.2) is 32.2 Å². The van der Waals surface area contributed by atoms with Crippen molar-refractivity contribution < 1.29 is 23.4 Å². The molecule has 0 saturated carbocycles. The molecular weight excluding hydrogens is 432 g/mol. The minimum atomic E-state index is -0.273. The van der Waals surface area contributed by atoms with Crippen LogP contribution in [0.1, 0.15) is 18.1 Å². The predicted molar refractivity (Wildman–Crippen MR) is 133 cm³/mol. The average Bonchev–Trinajstić information content (AvgIpc) is 3.25. The number of pyridine rings is 1.